The average Bonchev–Trinajstić information content (AvgIpc) is 3.04. The number of carbonyl (C=O) groups is 1. The summed E-state index contributed by atoms with van der Waals surface area (Å²) in [6.45, 7) is 7.57. The molecule has 0 fully saturated rings. The van der Waals surface area contributed by atoms with E-state index in [1.807, 2.05) is 6.92 Å². The van der Waals surface area contributed by atoms with Gasteiger partial charge in [-0.25, -0.2) is 0 Å². The molecule has 0 aliphatic heterocycles. The molecule has 0 bridgehead atoms. The summed E-state index contributed by atoms with van der Waals surface area (Å²) in [6.07, 6.45) is 3.19. The summed E-state index contributed by atoms with van der Waals surface area (Å²) in [5, 5.41) is 10.6. The van der Waals surface area contributed by atoms with Crippen molar-refractivity contribution in [2.24, 2.45) is 0 Å². The topological polar surface area (TPSA) is 81.2 Å². The van der Waals surface area contributed by atoms with Crippen molar-refractivity contribution in [2.75, 3.05) is 6.54 Å². The Hall–Kier alpha value is -2.02. The van der Waals surface area contributed by atoms with Gasteiger partial charge in [-0.1, -0.05) is 17.8 Å². The lowest BCUT2D eigenvalue weighted by molar-refractivity contribution is -0.120. The van der Waals surface area contributed by atoms with Crippen molar-refractivity contribution >= 4 is 17.7 Å². The zero-order valence-electron chi connectivity index (χ0n) is 11.3. The van der Waals surface area contributed by atoms with Crippen LogP contribution in [0.3, 0.4) is 0 Å². The minimum atomic E-state index is -0.325. The number of hydrogen-bond acceptors (Lipinski definition) is 6. The Morgan fingerprint density at radius 2 is 2.40 bits per heavy atom. The molecule has 0 spiro atoms. The van der Waals surface area contributed by atoms with Gasteiger partial charge in [-0.2, -0.15) is 0 Å². The summed E-state index contributed by atoms with van der Waals surface area (Å²) < 4.78 is 10.7. The van der Waals surface area contributed by atoms with Gasteiger partial charge < -0.3 is 14.2 Å². The van der Waals surface area contributed by atoms with Gasteiger partial charge in [0.05, 0.1) is 17.1 Å². The highest BCUT2D eigenvalue weighted by Crippen LogP contribution is 2.28. The van der Waals surface area contributed by atoms with E-state index in [2.05, 4.69) is 22.1 Å². The fourth-order valence-electron chi connectivity index (χ4n) is 1.49. The Morgan fingerprint density at radius 3 is 3.05 bits per heavy atom. The Labute approximate surface area is 120 Å². The van der Waals surface area contributed by atoms with Gasteiger partial charge in [-0.05, 0) is 19.9 Å². The van der Waals surface area contributed by atoms with E-state index >= 15 is 0 Å². The van der Waals surface area contributed by atoms with Gasteiger partial charge in [-0.3, -0.25) is 4.79 Å². The van der Waals surface area contributed by atoms with Crippen LogP contribution in [0.5, 0.6) is 0 Å². The lowest BCUT2D eigenvalue weighted by atomic mass is 10.3. The SMILES string of the molecule is C=CCNC(=O)C(C)Sc1nnc(-c2ccoc2C)o1. The highest BCUT2D eigenvalue weighted by molar-refractivity contribution is 8.00. The predicted octanol–water partition coefficient (Wildman–Crippen LogP) is 2.42. The summed E-state index contributed by atoms with van der Waals surface area (Å²) in [6, 6.07) is 1.76. The van der Waals surface area contributed by atoms with Crippen LogP contribution in [0.4, 0.5) is 0 Å². The van der Waals surface area contributed by atoms with Gasteiger partial charge in [0, 0.05) is 6.54 Å². The van der Waals surface area contributed by atoms with E-state index < -0.39 is 0 Å². The van der Waals surface area contributed by atoms with Crippen LogP contribution in [0.2, 0.25) is 0 Å². The van der Waals surface area contributed by atoms with Crippen LogP contribution in [-0.4, -0.2) is 27.9 Å². The molecule has 0 saturated heterocycles. The number of aromatic nitrogens is 2. The Morgan fingerprint density at radius 1 is 1.60 bits per heavy atom. The highest BCUT2D eigenvalue weighted by atomic mass is 32.2. The van der Waals surface area contributed by atoms with E-state index in [4.69, 9.17) is 8.83 Å². The molecule has 2 rings (SSSR count). The van der Waals surface area contributed by atoms with Crippen LogP contribution in [0.25, 0.3) is 11.5 Å². The summed E-state index contributed by atoms with van der Waals surface area (Å²) in [7, 11) is 0. The van der Waals surface area contributed by atoms with Crippen LogP contribution in [0.1, 0.15) is 12.7 Å². The first-order chi connectivity index (χ1) is 9.61. The molecule has 0 aliphatic rings. The van der Waals surface area contributed by atoms with E-state index in [1.54, 1.807) is 25.3 Å². The fourth-order valence-corrected chi connectivity index (χ4v) is 2.20. The van der Waals surface area contributed by atoms with Gasteiger partial charge in [0.2, 0.25) is 5.91 Å². The number of rotatable bonds is 6. The van der Waals surface area contributed by atoms with Crippen molar-refractivity contribution in [2.45, 2.75) is 24.3 Å². The molecule has 1 N–H and O–H groups in total. The van der Waals surface area contributed by atoms with E-state index in [1.165, 1.54) is 11.8 Å². The molecule has 1 unspecified atom stereocenters. The van der Waals surface area contributed by atoms with Crippen LogP contribution in [0, 0.1) is 6.92 Å². The monoisotopic (exact) mass is 293 g/mol. The molecular weight excluding hydrogens is 278 g/mol. The maximum atomic E-state index is 11.7. The molecule has 20 heavy (non-hydrogen) atoms. The lowest BCUT2D eigenvalue weighted by Gasteiger charge is -2.07. The van der Waals surface area contributed by atoms with Crippen LogP contribution in [0.15, 0.2) is 39.0 Å². The molecular formula is C13H15N3O3S. The van der Waals surface area contributed by atoms with Gasteiger partial charge in [0.25, 0.3) is 11.1 Å². The molecule has 0 radical (unpaired) electrons. The standard InChI is InChI=1S/C13H15N3O3S/c1-4-6-14-11(17)9(3)20-13-16-15-12(19-13)10-5-7-18-8(10)2/h4-5,7,9H,1,6H2,2-3H3,(H,14,17). The Balaban J connectivity index is 2.01. The number of thioether (sulfide) groups is 1. The smallest absolute Gasteiger partial charge is 0.277 e. The third-order valence-corrected chi connectivity index (χ3v) is 3.50. The van der Waals surface area contributed by atoms with Crippen molar-refractivity contribution in [3.8, 4) is 11.5 Å². The second kappa shape index (κ2) is 6.42. The third-order valence-electron chi connectivity index (χ3n) is 2.56. The van der Waals surface area contributed by atoms with Gasteiger partial charge in [0.1, 0.15) is 5.76 Å². The molecule has 0 aliphatic carbocycles. The van der Waals surface area contributed by atoms with Gasteiger partial charge in [0.15, 0.2) is 0 Å². The maximum absolute atomic E-state index is 11.7. The van der Waals surface area contributed by atoms with Crippen LogP contribution < -0.4 is 5.32 Å². The van der Waals surface area contributed by atoms with Gasteiger partial charge >= 0.3 is 0 Å². The average molecular weight is 293 g/mol. The zero-order chi connectivity index (χ0) is 14.5. The highest BCUT2D eigenvalue weighted by Gasteiger charge is 2.19. The summed E-state index contributed by atoms with van der Waals surface area (Å²) in [5.41, 5.74) is 0.758. The van der Waals surface area contributed by atoms with Crippen molar-refractivity contribution in [1.82, 2.24) is 15.5 Å². The van der Waals surface area contributed by atoms with E-state index in [-0.39, 0.29) is 11.2 Å². The van der Waals surface area contributed by atoms with E-state index in [0.717, 1.165) is 5.56 Å². The quantitative estimate of drug-likeness (QED) is 0.650. The normalized spacial score (nSPS) is 12.1. The van der Waals surface area contributed by atoms with Gasteiger partial charge in [-0.15, -0.1) is 16.8 Å². The lowest BCUT2D eigenvalue weighted by Crippen LogP contribution is -2.30. The minimum absolute atomic E-state index is 0.103. The molecule has 1 amide bonds. The maximum Gasteiger partial charge on any atom is 0.277 e. The van der Waals surface area contributed by atoms with Crippen LogP contribution >= 0.6 is 11.8 Å². The third kappa shape index (κ3) is 3.30. The van der Waals surface area contributed by atoms with Crippen molar-refractivity contribution in [1.29, 1.82) is 0 Å². The molecule has 2 heterocycles. The second-order valence-electron chi connectivity index (χ2n) is 4.06. The molecule has 2 aromatic rings. The number of nitrogens with one attached hydrogen (secondary N) is 1. The Bertz CT molecular complexity index is 606. The second-order valence-corrected chi connectivity index (χ2v) is 5.35. The summed E-state index contributed by atoms with van der Waals surface area (Å²) in [4.78, 5) is 11.7. The molecule has 0 aromatic carbocycles. The minimum Gasteiger partial charge on any atom is -0.469 e. The molecule has 1 atom stereocenters. The first-order valence-corrected chi connectivity index (χ1v) is 6.93. The largest absolute Gasteiger partial charge is 0.469 e. The summed E-state index contributed by atoms with van der Waals surface area (Å²) in [5.74, 6) is 0.994. The number of nitrogens with zero attached hydrogens (tertiary/aromatic N) is 2. The zero-order valence-corrected chi connectivity index (χ0v) is 12.1. The number of hydrogen-bond donors (Lipinski definition) is 1. The molecule has 0 saturated carbocycles. The van der Waals surface area contributed by atoms with Crippen molar-refractivity contribution in [3.05, 3.63) is 30.7 Å². The molecule has 7 heteroatoms. The first-order valence-electron chi connectivity index (χ1n) is 6.05. The molecule has 2 aromatic heterocycles. The number of amides is 1. The molecule has 106 valence electrons. The van der Waals surface area contributed by atoms with E-state index in [0.29, 0.717) is 23.4 Å². The fraction of sp³-hybridized carbons (Fsp3) is 0.308. The molecule has 6 nitrogen and oxygen atoms in total. The number of furan rings is 1. The number of aryl methyl sites for hydroxylation is 1. The summed E-state index contributed by atoms with van der Waals surface area (Å²) >= 11 is 1.21. The van der Waals surface area contributed by atoms with Crippen molar-refractivity contribution in [3.63, 3.8) is 0 Å². The van der Waals surface area contributed by atoms with Crippen molar-refractivity contribution < 1.29 is 13.6 Å². The first kappa shape index (κ1) is 14.4. The Kier molecular flexibility index (Phi) is 4.62. The van der Waals surface area contributed by atoms with Crippen LogP contribution in [-0.2, 0) is 4.79 Å². The van der Waals surface area contributed by atoms with E-state index in [9.17, 15) is 4.79 Å². The number of carbonyl (C=O) groups excluding carboxylic acids is 1. The predicted molar refractivity (Wildman–Crippen MR) is 75.3 cm³/mol.